The number of carbonyl (C=O) groups is 1. The van der Waals surface area contributed by atoms with Crippen LogP contribution >= 0.6 is 0 Å². The van der Waals surface area contributed by atoms with E-state index in [-0.39, 0.29) is 23.9 Å². The molecule has 0 radical (unpaired) electrons. The van der Waals surface area contributed by atoms with Gasteiger partial charge in [-0.05, 0) is 12.8 Å². The van der Waals surface area contributed by atoms with Gasteiger partial charge in [-0.2, -0.15) is 5.26 Å². The Morgan fingerprint density at radius 2 is 2.18 bits per heavy atom. The second-order valence-electron chi connectivity index (χ2n) is 4.07. The van der Waals surface area contributed by atoms with Gasteiger partial charge in [-0.3, -0.25) is 0 Å². The molecule has 17 heavy (non-hydrogen) atoms. The van der Waals surface area contributed by atoms with Crippen molar-refractivity contribution in [2.75, 3.05) is 12.3 Å². The molecule has 5 heteroatoms. The van der Waals surface area contributed by atoms with Crippen LogP contribution in [-0.4, -0.2) is 17.1 Å². The molecule has 0 aliphatic rings. The largest absolute Gasteiger partial charge is 0.461 e. The first kappa shape index (κ1) is 13.1. The van der Waals surface area contributed by atoms with Gasteiger partial charge in [-0.15, -0.1) is 0 Å². The number of ether oxygens (including phenoxy) is 1. The molecule has 5 nitrogen and oxygen atoms in total. The maximum absolute atomic E-state index is 11.8. The Kier molecular flexibility index (Phi) is 3.79. The minimum atomic E-state index is -0.490. The molecular formula is C12H17N3O2. The molecule has 0 saturated carbocycles. The molecule has 0 fully saturated rings. The van der Waals surface area contributed by atoms with Crippen LogP contribution in [0.2, 0.25) is 0 Å². The van der Waals surface area contributed by atoms with Gasteiger partial charge in [0.05, 0.1) is 17.9 Å². The number of esters is 1. The third kappa shape index (κ3) is 2.11. The smallest absolute Gasteiger partial charge is 0.357 e. The summed E-state index contributed by atoms with van der Waals surface area (Å²) in [7, 11) is 1.72. The van der Waals surface area contributed by atoms with Crippen molar-refractivity contribution < 1.29 is 9.53 Å². The van der Waals surface area contributed by atoms with E-state index in [0.717, 1.165) is 5.69 Å². The van der Waals surface area contributed by atoms with Crippen molar-refractivity contribution in [2.45, 2.75) is 26.7 Å². The van der Waals surface area contributed by atoms with Gasteiger partial charge in [0.15, 0.2) is 5.69 Å². The average molecular weight is 235 g/mol. The molecular weight excluding hydrogens is 218 g/mol. The first-order chi connectivity index (χ1) is 7.95. The zero-order valence-corrected chi connectivity index (χ0v) is 10.6. The molecule has 0 atom stereocenters. The fourth-order valence-corrected chi connectivity index (χ4v) is 1.97. The van der Waals surface area contributed by atoms with Crippen molar-refractivity contribution >= 4 is 11.7 Å². The van der Waals surface area contributed by atoms with Crippen LogP contribution in [0.3, 0.4) is 0 Å². The van der Waals surface area contributed by atoms with Crippen molar-refractivity contribution in [3.8, 4) is 6.07 Å². The Balaban J connectivity index is 3.44. The highest BCUT2D eigenvalue weighted by molar-refractivity contribution is 5.95. The van der Waals surface area contributed by atoms with Gasteiger partial charge in [0.2, 0.25) is 0 Å². The number of rotatable bonds is 3. The van der Waals surface area contributed by atoms with E-state index in [9.17, 15) is 4.79 Å². The Bertz CT molecular complexity index is 481. The number of nitriles is 1. The number of hydrogen-bond donors (Lipinski definition) is 1. The van der Waals surface area contributed by atoms with E-state index < -0.39 is 5.97 Å². The minimum Gasteiger partial charge on any atom is -0.461 e. The molecule has 1 rings (SSSR count). The maximum Gasteiger partial charge on any atom is 0.357 e. The van der Waals surface area contributed by atoms with Crippen LogP contribution in [0, 0.1) is 11.3 Å². The lowest BCUT2D eigenvalue weighted by molar-refractivity contribution is 0.0516. The van der Waals surface area contributed by atoms with E-state index in [1.807, 2.05) is 19.9 Å². The highest BCUT2D eigenvalue weighted by Crippen LogP contribution is 2.29. The molecule has 0 spiro atoms. The summed E-state index contributed by atoms with van der Waals surface area (Å²) in [6.45, 7) is 5.91. The van der Waals surface area contributed by atoms with E-state index in [2.05, 4.69) is 0 Å². The van der Waals surface area contributed by atoms with E-state index in [1.54, 1.807) is 18.5 Å². The summed E-state index contributed by atoms with van der Waals surface area (Å²) in [4.78, 5) is 11.8. The minimum absolute atomic E-state index is 0.111. The summed E-state index contributed by atoms with van der Waals surface area (Å²) in [6.07, 6.45) is 0. The predicted molar refractivity (Wildman–Crippen MR) is 64.6 cm³/mol. The third-order valence-corrected chi connectivity index (χ3v) is 2.60. The van der Waals surface area contributed by atoms with Crippen LogP contribution in [0.25, 0.3) is 0 Å². The highest BCUT2D eigenvalue weighted by atomic mass is 16.5. The number of anilines is 1. The lowest BCUT2D eigenvalue weighted by Crippen LogP contribution is -2.13. The van der Waals surface area contributed by atoms with Crippen LogP contribution in [-0.2, 0) is 11.8 Å². The van der Waals surface area contributed by atoms with E-state index >= 15 is 0 Å². The number of nitrogens with zero attached hydrogens (tertiary/aromatic N) is 2. The number of carbonyl (C=O) groups excluding carboxylic acids is 1. The lowest BCUT2D eigenvalue weighted by Gasteiger charge is -2.09. The number of nitrogen functional groups attached to an aromatic ring is 1. The van der Waals surface area contributed by atoms with Gasteiger partial charge >= 0.3 is 5.97 Å². The van der Waals surface area contributed by atoms with Crippen molar-refractivity contribution in [1.29, 1.82) is 5.26 Å². The first-order valence-corrected chi connectivity index (χ1v) is 5.50. The highest BCUT2D eigenvalue weighted by Gasteiger charge is 2.25. The molecule has 0 bridgehead atoms. The molecule has 0 saturated heterocycles. The van der Waals surface area contributed by atoms with Gasteiger partial charge in [0, 0.05) is 12.7 Å². The third-order valence-electron chi connectivity index (χ3n) is 2.60. The van der Waals surface area contributed by atoms with Gasteiger partial charge in [-0.1, -0.05) is 13.8 Å². The second kappa shape index (κ2) is 4.91. The molecule has 0 aliphatic heterocycles. The quantitative estimate of drug-likeness (QED) is 0.810. The van der Waals surface area contributed by atoms with Crippen molar-refractivity contribution in [2.24, 2.45) is 7.05 Å². The fraction of sp³-hybridized carbons (Fsp3) is 0.500. The first-order valence-electron chi connectivity index (χ1n) is 5.50. The van der Waals surface area contributed by atoms with Gasteiger partial charge in [0.1, 0.15) is 6.07 Å². The molecule has 1 aromatic rings. The SMILES string of the molecule is CCOC(=O)c1c(N)c(C#N)c(C(C)C)n1C. The Morgan fingerprint density at radius 1 is 1.59 bits per heavy atom. The Morgan fingerprint density at radius 3 is 2.53 bits per heavy atom. The standard InChI is InChI=1S/C12H17N3O2/c1-5-17-12(16)11-9(14)8(6-13)10(7(2)3)15(11)4/h7H,5,14H2,1-4H3. The summed E-state index contributed by atoms with van der Waals surface area (Å²) in [6, 6.07) is 2.05. The Hall–Kier alpha value is -1.96. The van der Waals surface area contributed by atoms with Crippen molar-refractivity contribution in [3.05, 3.63) is 17.0 Å². The predicted octanol–water partition coefficient (Wildman–Crippen LogP) is 1.78. The molecule has 1 aromatic heterocycles. The summed E-state index contributed by atoms with van der Waals surface area (Å²) < 4.78 is 6.58. The summed E-state index contributed by atoms with van der Waals surface area (Å²) in [5.41, 5.74) is 7.43. The van der Waals surface area contributed by atoms with Crippen LogP contribution in [0.15, 0.2) is 0 Å². The Labute approximate surface area is 101 Å². The summed E-state index contributed by atoms with van der Waals surface area (Å²) in [5.74, 6) is -0.379. The summed E-state index contributed by atoms with van der Waals surface area (Å²) >= 11 is 0. The zero-order chi connectivity index (χ0) is 13.2. The molecule has 0 amide bonds. The molecule has 0 unspecified atom stereocenters. The van der Waals surface area contributed by atoms with Crippen molar-refractivity contribution in [1.82, 2.24) is 4.57 Å². The lowest BCUT2D eigenvalue weighted by atomic mass is 10.1. The molecule has 2 N–H and O–H groups in total. The van der Waals surface area contributed by atoms with E-state index in [4.69, 9.17) is 15.7 Å². The average Bonchev–Trinajstić information content (AvgIpc) is 2.49. The van der Waals surface area contributed by atoms with Gasteiger partial charge in [0.25, 0.3) is 0 Å². The molecule has 92 valence electrons. The van der Waals surface area contributed by atoms with Gasteiger partial charge < -0.3 is 15.0 Å². The van der Waals surface area contributed by atoms with E-state index in [0.29, 0.717) is 5.56 Å². The summed E-state index contributed by atoms with van der Waals surface area (Å²) in [5, 5.41) is 9.10. The monoisotopic (exact) mass is 235 g/mol. The fourth-order valence-electron chi connectivity index (χ4n) is 1.97. The van der Waals surface area contributed by atoms with Crippen molar-refractivity contribution in [3.63, 3.8) is 0 Å². The topological polar surface area (TPSA) is 81.0 Å². The van der Waals surface area contributed by atoms with Gasteiger partial charge in [-0.25, -0.2) is 4.79 Å². The number of hydrogen-bond acceptors (Lipinski definition) is 4. The molecule has 0 aromatic carbocycles. The molecule has 0 aliphatic carbocycles. The second-order valence-corrected chi connectivity index (χ2v) is 4.07. The number of aromatic nitrogens is 1. The van der Waals surface area contributed by atoms with Crippen LogP contribution in [0.1, 0.15) is 48.4 Å². The zero-order valence-electron chi connectivity index (χ0n) is 10.6. The maximum atomic E-state index is 11.8. The van der Waals surface area contributed by atoms with Crippen LogP contribution in [0.4, 0.5) is 5.69 Å². The van der Waals surface area contributed by atoms with Crippen LogP contribution in [0.5, 0.6) is 0 Å². The normalized spacial score (nSPS) is 10.4. The molecule has 1 heterocycles. The number of nitrogens with two attached hydrogens (primary N) is 1. The van der Waals surface area contributed by atoms with Crippen LogP contribution < -0.4 is 5.73 Å². The van der Waals surface area contributed by atoms with E-state index in [1.165, 1.54) is 0 Å².